The second kappa shape index (κ2) is 9.19. The van der Waals surface area contributed by atoms with E-state index < -0.39 is 5.60 Å². The summed E-state index contributed by atoms with van der Waals surface area (Å²) in [4.78, 5) is 2.58. The number of fused-ring (bicyclic) bond motifs is 1. The van der Waals surface area contributed by atoms with Crippen molar-refractivity contribution in [1.29, 1.82) is 0 Å². The summed E-state index contributed by atoms with van der Waals surface area (Å²) in [5, 5.41) is 11.0. The number of rotatable bonds is 5. The maximum Gasteiger partial charge on any atom is 0.160 e. The number of methoxy groups -OCH3 is 2. The zero-order valence-electron chi connectivity index (χ0n) is 16.6. The Kier molecular flexibility index (Phi) is 7.45. The molecular formula is C22H32ClNO3. The van der Waals surface area contributed by atoms with Crippen LogP contribution in [-0.2, 0) is 6.42 Å². The van der Waals surface area contributed by atoms with Crippen molar-refractivity contribution in [2.75, 3.05) is 20.8 Å². The van der Waals surface area contributed by atoms with Crippen LogP contribution in [0.15, 0.2) is 18.2 Å². The van der Waals surface area contributed by atoms with Crippen molar-refractivity contribution in [1.82, 2.24) is 4.90 Å². The van der Waals surface area contributed by atoms with Gasteiger partial charge in [0, 0.05) is 31.0 Å². The van der Waals surface area contributed by atoms with Crippen LogP contribution in [-0.4, -0.2) is 48.5 Å². The summed E-state index contributed by atoms with van der Waals surface area (Å²) in [6, 6.07) is 6.80. The number of halogens is 1. The van der Waals surface area contributed by atoms with Crippen molar-refractivity contribution in [3.05, 3.63) is 23.8 Å². The number of terminal acetylenes is 1. The molecule has 1 N–H and O–H groups in total. The maximum atomic E-state index is 11.0. The molecule has 1 heterocycles. The summed E-state index contributed by atoms with van der Waals surface area (Å²) in [6.07, 6.45) is 11.9. The van der Waals surface area contributed by atoms with Gasteiger partial charge in [0.05, 0.1) is 14.2 Å². The Balaban J connectivity index is 0.00000261. The fraction of sp³-hybridized carbons (Fsp3) is 0.636. The Morgan fingerprint density at radius 2 is 1.93 bits per heavy atom. The van der Waals surface area contributed by atoms with Gasteiger partial charge in [0.25, 0.3) is 0 Å². The van der Waals surface area contributed by atoms with Crippen LogP contribution in [0.5, 0.6) is 11.5 Å². The molecule has 1 saturated heterocycles. The second-order valence-electron chi connectivity index (χ2n) is 7.76. The number of benzene rings is 1. The van der Waals surface area contributed by atoms with Crippen molar-refractivity contribution < 1.29 is 14.6 Å². The van der Waals surface area contributed by atoms with Crippen molar-refractivity contribution in [2.45, 2.75) is 63.1 Å². The molecule has 4 nitrogen and oxygen atoms in total. The lowest BCUT2D eigenvalue weighted by atomic mass is 9.67. The molecule has 0 amide bonds. The Bertz CT molecular complexity index is 674. The van der Waals surface area contributed by atoms with Crippen LogP contribution in [0.25, 0.3) is 0 Å². The second-order valence-corrected chi connectivity index (χ2v) is 7.76. The molecule has 1 saturated carbocycles. The van der Waals surface area contributed by atoms with Gasteiger partial charge < -0.3 is 14.6 Å². The first-order valence-corrected chi connectivity index (χ1v) is 9.69. The lowest BCUT2D eigenvalue weighted by Crippen LogP contribution is -2.61. The fourth-order valence-corrected chi connectivity index (χ4v) is 4.96. The van der Waals surface area contributed by atoms with Crippen LogP contribution < -0.4 is 9.47 Å². The highest BCUT2D eigenvalue weighted by Crippen LogP contribution is 2.43. The Hall–Kier alpha value is -1.41. The number of piperidine rings is 1. The molecular weight excluding hydrogens is 362 g/mol. The summed E-state index contributed by atoms with van der Waals surface area (Å²) >= 11 is 0. The predicted molar refractivity (Wildman–Crippen MR) is 111 cm³/mol. The lowest BCUT2D eigenvalue weighted by Gasteiger charge is -2.53. The molecule has 27 heavy (non-hydrogen) atoms. The highest BCUT2D eigenvalue weighted by molar-refractivity contribution is 5.85. The molecule has 2 fully saturated rings. The molecule has 5 heteroatoms. The highest BCUT2D eigenvalue weighted by Gasteiger charge is 2.49. The van der Waals surface area contributed by atoms with Gasteiger partial charge in [0.15, 0.2) is 11.5 Å². The molecule has 0 unspecified atom stereocenters. The maximum absolute atomic E-state index is 11.0. The summed E-state index contributed by atoms with van der Waals surface area (Å²) in [6.45, 7) is 3.17. The molecule has 3 rings (SSSR count). The number of aliphatic hydroxyl groups is 1. The van der Waals surface area contributed by atoms with Crippen LogP contribution in [0.2, 0.25) is 0 Å². The van der Waals surface area contributed by atoms with Gasteiger partial charge in [0.2, 0.25) is 0 Å². The quantitative estimate of drug-likeness (QED) is 0.775. The van der Waals surface area contributed by atoms with E-state index in [9.17, 15) is 5.11 Å². The van der Waals surface area contributed by atoms with E-state index in [1.165, 1.54) is 18.4 Å². The fourth-order valence-electron chi connectivity index (χ4n) is 4.96. The summed E-state index contributed by atoms with van der Waals surface area (Å²) in [5.74, 6) is 4.46. The molecule has 1 aliphatic heterocycles. The van der Waals surface area contributed by atoms with Crippen molar-refractivity contribution >= 4 is 12.4 Å². The third kappa shape index (κ3) is 4.37. The minimum Gasteiger partial charge on any atom is -0.493 e. The minimum absolute atomic E-state index is 0. The zero-order chi connectivity index (χ0) is 18.7. The molecule has 1 aromatic carbocycles. The van der Waals surface area contributed by atoms with E-state index in [4.69, 9.17) is 15.9 Å². The number of likely N-dealkylation sites (tertiary alicyclic amines) is 1. The van der Waals surface area contributed by atoms with Crippen LogP contribution in [0.1, 0.15) is 44.6 Å². The smallest absolute Gasteiger partial charge is 0.160 e. The highest BCUT2D eigenvalue weighted by atomic mass is 35.5. The third-order valence-corrected chi connectivity index (χ3v) is 6.30. The van der Waals surface area contributed by atoms with Gasteiger partial charge in [-0.3, -0.25) is 4.90 Å². The van der Waals surface area contributed by atoms with Gasteiger partial charge in [-0.15, -0.1) is 18.8 Å². The van der Waals surface area contributed by atoms with Gasteiger partial charge in [0.1, 0.15) is 5.60 Å². The van der Waals surface area contributed by atoms with Crippen molar-refractivity contribution in [3.8, 4) is 23.8 Å². The van der Waals surface area contributed by atoms with E-state index in [0.29, 0.717) is 12.5 Å². The van der Waals surface area contributed by atoms with Gasteiger partial charge in [-0.25, -0.2) is 0 Å². The van der Waals surface area contributed by atoms with Gasteiger partial charge in [-0.1, -0.05) is 24.8 Å². The molecule has 0 aromatic heterocycles. The van der Waals surface area contributed by atoms with Crippen molar-refractivity contribution in [2.24, 2.45) is 5.92 Å². The topological polar surface area (TPSA) is 41.9 Å². The van der Waals surface area contributed by atoms with E-state index in [0.717, 1.165) is 37.3 Å². The van der Waals surface area contributed by atoms with E-state index >= 15 is 0 Å². The van der Waals surface area contributed by atoms with Crippen LogP contribution in [0, 0.1) is 18.3 Å². The minimum atomic E-state index is -0.940. The Labute approximate surface area is 169 Å². The van der Waals surface area contributed by atoms with Crippen molar-refractivity contribution in [3.63, 3.8) is 0 Å². The third-order valence-electron chi connectivity index (χ3n) is 6.30. The summed E-state index contributed by atoms with van der Waals surface area (Å²) in [5.41, 5.74) is 0.296. The zero-order valence-corrected chi connectivity index (χ0v) is 17.4. The van der Waals surface area contributed by atoms with E-state index in [1.807, 2.05) is 6.07 Å². The summed E-state index contributed by atoms with van der Waals surface area (Å²) < 4.78 is 10.8. The molecule has 2 aliphatic rings. The summed E-state index contributed by atoms with van der Waals surface area (Å²) in [7, 11) is 3.32. The Morgan fingerprint density at radius 1 is 1.22 bits per heavy atom. The van der Waals surface area contributed by atoms with Gasteiger partial charge in [-0.2, -0.15) is 0 Å². The predicted octanol–water partition coefficient (Wildman–Crippen LogP) is 3.69. The van der Waals surface area contributed by atoms with Crippen LogP contribution in [0.3, 0.4) is 0 Å². The van der Waals surface area contributed by atoms with Gasteiger partial charge >= 0.3 is 0 Å². The monoisotopic (exact) mass is 393 g/mol. The average Bonchev–Trinajstić information content (AvgIpc) is 2.67. The first-order chi connectivity index (χ1) is 12.5. The molecule has 1 aliphatic carbocycles. The number of hydrogen-bond donors (Lipinski definition) is 1. The molecule has 4 atom stereocenters. The molecule has 0 bridgehead atoms. The normalized spacial score (nSPS) is 30.6. The first-order valence-electron chi connectivity index (χ1n) is 9.69. The first kappa shape index (κ1) is 21.9. The lowest BCUT2D eigenvalue weighted by molar-refractivity contribution is -0.0999. The van der Waals surface area contributed by atoms with Crippen LogP contribution in [0.4, 0.5) is 0 Å². The van der Waals surface area contributed by atoms with Gasteiger partial charge in [-0.05, 0) is 43.9 Å². The molecule has 0 spiro atoms. The van der Waals surface area contributed by atoms with E-state index in [-0.39, 0.29) is 24.4 Å². The number of nitrogens with zero attached hydrogens (tertiary/aromatic N) is 1. The van der Waals surface area contributed by atoms with E-state index in [1.54, 1.807) is 14.2 Å². The van der Waals surface area contributed by atoms with Crippen LogP contribution >= 0.6 is 12.4 Å². The molecule has 1 aromatic rings. The van der Waals surface area contributed by atoms with E-state index in [2.05, 4.69) is 29.9 Å². The number of ether oxygens (including phenoxy) is 2. The standard InChI is InChI=1S/C22H31NO3.ClH/c1-5-22(24)15-16(2)23(19-9-7-6-8-18(19)22)13-12-17-10-11-20(25-3)21(14-17)26-4;/h1,10-11,14,16,18-19,24H,6-9,12-13,15H2,2-4H3;1H/t16-,18-,19-,22+;/m0./s1. The SMILES string of the molecule is C#C[C@@]1(O)C[C@H](C)N(CCc2ccc(OC)c(OC)c2)[C@H]2CCCC[C@@H]21.Cl. The molecule has 0 radical (unpaired) electrons. The molecule has 150 valence electrons. The Morgan fingerprint density at radius 3 is 2.59 bits per heavy atom. The number of hydrogen-bond acceptors (Lipinski definition) is 4. The average molecular weight is 394 g/mol. The largest absolute Gasteiger partial charge is 0.493 e.